The Kier molecular flexibility index (Phi) is 5.61. The number of rotatable bonds is 5. The molecule has 1 saturated heterocycles. The zero-order valence-corrected chi connectivity index (χ0v) is 12.7. The van der Waals surface area contributed by atoms with Crippen molar-refractivity contribution < 1.29 is 14.7 Å². The van der Waals surface area contributed by atoms with Gasteiger partial charge in [-0.05, 0) is 32.6 Å². The molecule has 1 fully saturated rings. The van der Waals surface area contributed by atoms with E-state index in [0.29, 0.717) is 32.7 Å². The Hall–Kier alpha value is -1.56. The Balaban J connectivity index is 1.66. The van der Waals surface area contributed by atoms with E-state index in [1.165, 1.54) is 24.8 Å². The second kappa shape index (κ2) is 7.45. The molecule has 2 rings (SSSR count). The lowest BCUT2D eigenvalue weighted by molar-refractivity contribution is -0.143. The monoisotopic (exact) mass is 295 g/mol. The fourth-order valence-corrected chi connectivity index (χ4v) is 2.87. The van der Waals surface area contributed by atoms with Gasteiger partial charge in [0.15, 0.2) is 0 Å². The molecule has 2 N–H and O–H groups in total. The average molecular weight is 295 g/mol. The van der Waals surface area contributed by atoms with Crippen LogP contribution < -0.4 is 5.32 Å². The third kappa shape index (κ3) is 4.46. The Bertz CT molecular complexity index is 414. The van der Waals surface area contributed by atoms with Crippen LogP contribution in [-0.4, -0.2) is 65.7 Å². The highest BCUT2D eigenvalue weighted by molar-refractivity contribution is 5.75. The van der Waals surface area contributed by atoms with Gasteiger partial charge < -0.3 is 15.3 Å². The molecule has 0 spiro atoms. The van der Waals surface area contributed by atoms with Crippen LogP contribution in [0.2, 0.25) is 0 Å². The van der Waals surface area contributed by atoms with Crippen LogP contribution in [0.25, 0.3) is 0 Å². The third-order valence-corrected chi connectivity index (χ3v) is 4.36. The number of carboxylic acid groups (broad SMARTS) is 1. The number of carboxylic acids is 1. The predicted molar refractivity (Wildman–Crippen MR) is 80.2 cm³/mol. The van der Waals surface area contributed by atoms with E-state index in [1.54, 1.807) is 11.8 Å². The van der Waals surface area contributed by atoms with Gasteiger partial charge in [-0.2, -0.15) is 0 Å². The van der Waals surface area contributed by atoms with E-state index in [4.69, 9.17) is 5.11 Å². The lowest BCUT2D eigenvalue weighted by Gasteiger charge is -2.36. The molecular formula is C15H25N3O3. The van der Waals surface area contributed by atoms with Crippen molar-refractivity contribution in [3.8, 4) is 0 Å². The number of hydrogen-bond acceptors (Lipinski definition) is 3. The first-order chi connectivity index (χ1) is 10.1. The van der Waals surface area contributed by atoms with Crippen molar-refractivity contribution >= 4 is 12.0 Å². The Labute approximate surface area is 125 Å². The van der Waals surface area contributed by atoms with Gasteiger partial charge in [-0.1, -0.05) is 11.6 Å². The van der Waals surface area contributed by atoms with Crippen molar-refractivity contribution in [2.24, 2.45) is 0 Å². The molecule has 1 aliphatic carbocycles. The molecule has 0 bridgehead atoms. The minimum atomic E-state index is -0.808. The lowest BCUT2D eigenvalue weighted by Crippen LogP contribution is -2.55. The van der Waals surface area contributed by atoms with E-state index in [0.717, 1.165) is 6.42 Å². The standard InChI is InChI=1S/C15H25N3O3/c1-12(14(19)20)17-8-10-18(11-9-17)15(21)16-7-6-13-4-2-3-5-13/h4,12H,2-3,5-11H2,1H3,(H,16,21)(H,19,20). The largest absolute Gasteiger partial charge is 0.480 e. The smallest absolute Gasteiger partial charge is 0.320 e. The summed E-state index contributed by atoms with van der Waals surface area (Å²) in [6.07, 6.45) is 6.81. The highest BCUT2D eigenvalue weighted by Crippen LogP contribution is 2.19. The molecule has 1 heterocycles. The van der Waals surface area contributed by atoms with Crippen LogP contribution in [0.5, 0.6) is 0 Å². The molecule has 0 saturated carbocycles. The molecule has 1 unspecified atom stereocenters. The lowest BCUT2D eigenvalue weighted by atomic mass is 10.2. The summed E-state index contributed by atoms with van der Waals surface area (Å²) < 4.78 is 0. The van der Waals surface area contributed by atoms with Crippen LogP contribution in [0.1, 0.15) is 32.6 Å². The van der Waals surface area contributed by atoms with E-state index in [2.05, 4.69) is 11.4 Å². The highest BCUT2D eigenvalue weighted by Gasteiger charge is 2.26. The molecule has 0 aromatic heterocycles. The van der Waals surface area contributed by atoms with Crippen molar-refractivity contribution in [2.45, 2.75) is 38.6 Å². The van der Waals surface area contributed by atoms with Crippen LogP contribution in [0.15, 0.2) is 11.6 Å². The summed E-state index contributed by atoms with van der Waals surface area (Å²) in [7, 11) is 0. The van der Waals surface area contributed by atoms with E-state index >= 15 is 0 Å². The molecule has 6 heteroatoms. The molecule has 0 aromatic rings. The van der Waals surface area contributed by atoms with Gasteiger partial charge in [0.25, 0.3) is 0 Å². The van der Waals surface area contributed by atoms with Crippen LogP contribution in [0, 0.1) is 0 Å². The fraction of sp³-hybridized carbons (Fsp3) is 0.733. The number of hydrogen-bond donors (Lipinski definition) is 2. The number of amides is 2. The van der Waals surface area contributed by atoms with Crippen molar-refractivity contribution in [3.63, 3.8) is 0 Å². The minimum Gasteiger partial charge on any atom is -0.480 e. The maximum absolute atomic E-state index is 12.0. The van der Waals surface area contributed by atoms with Gasteiger partial charge in [0.2, 0.25) is 0 Å². The fourth-order valence-electron chi connectivity index (χ4n) is 2.87. The second-order valence-electron chi connectivity index (χ2n) is 5.77. The summed E-state index contributed by atoms with van der Waals surface area (Å²) in [5, 5.41) is 11.9. The first-order valence-electron chi connectivity index (χ1n) is 7.75. The molecule has 2 aliphatic rings. The number of urea groups is 1. The molecule has 1 atom stereocenters. The molecular weight excluding hydrogens is 270 g/mol. The van der Waals surface area contributed by atoms with Crippen LogP contribution in [-0.2, 0) is 4.79 Å². The van der Waals surface area contributed by atoms with Gasteiger partial charge >= 0.3 is 12.0 Å². The van der Waals surface area contributed by atoms with Gasteiger partial charge in [-0.15, -0.1) is 0 Å². The normalized spacial score (nSPS) is 21.0. The third-order valence-electron chi connectivity index (χ3n) is 4.36. The number of aliphatic carboxylic acids is 1. The molecule has 1 aliphatic heterocycles. The first kappa shape index (κ1) is 15.8. The molecule has 6 nitrogen and oxygen atoms in total. The zero-order chi connectivity index (χ0) is 15.2. The first-order valence-corrected chi connectivity index (χ1v) is 7.75. The van der Waals surface area contributed by atoms with Gasteiger partial charge in [0.05, 0.1) is 0 Å². The topological polar surface area (TPSA) is 72.9 Å². The van der Waals surface area contributed by atoms with Crippen molar-refractivity contribution in [1.82, 2.24) is 15.1 Å². The Morgan fingerprint density at radius 3 is 2.62 bits per heavy atom. The molecule has 2 amide bonds. The van der Waals surface area contributed by atoms with Crippen LogP contribution in [0.4, 0.5) is 4.79 Å². The van der Waals surface area contributed by atoms with Gasteiger partial charge in [-0.25, -0.2) is 4.79 Å². The molecule has 0 radical (unpaired) electrons. The number of allylic oxidation sites excluding steroid dienone is 1. The summed E-state index contributed by atoms with van der Waals surface area (Å²) in [5.41, 5.74) is 1.45. The minimum absolute atomic E-state index is 0.0313. The summed E-state index contributed by atoms with van der Waals surface area (Å²) in [5.74, 6) is -0.808. The average Bonchev–Trinajstić information content (AvgIpc) is 2.99. The van der Waals surface area contributed by atoms with E-state index < -0.39 is 12.0 Å². The number of nitrogens with one attached hydrogen (secondary N) is 1. The zero-order valence-electron chi connectivity index (χ0n) is 12.7. The van der Waals surface area contributed by atoms with Gasteiger partial charge in [-0.3, -0.25) is 9.69 Å². The summed E-state index contributed by atoms with van der Waals surface area (Å²) >= 11 is 0. The number of carbonyl (C=O) groups excluding carboxylic acids is 1. The van der Waals surface area contributed by atoms with Crippen molar-refractivity contribution in [1.29, 1.82) is 0 Å². The number of piperazine rings is 1. The van der Waals surface area contributed by atoms with E-state index in [1.807, 2.05) is 4.90 Å². The quantitative estimate of drug-likeness (QED) is 0.750. The SMILES string of the molecule is CC(C(=O)O)N1CCN(C(=O)NCCC2=CCCC2)CC1. The molecule has 0 aromatic carbocycles. The molecule has 21 heavy (non-hydrogen) atoms. The van der Waals surface area contributed by atoms with Gasteiger partial charge in [0, 0.05) is 32.7 Å². The second-order valence-corrected chi connectivity index (χ2v) is 5.77. The Morgan fingerprint density at radius 1 is 1.33 bits per heavy atom. The highest BCUT2D eigenvalue weighted by atomic mass is 16.4. The molecule has 118 valence electrons. The van der Waals surface area contributed by atoms with E-state index in [9.17, 15) is 9.59 Å². The van der Waals surface area contributed by atoms with E-state index in [-0.39, 0.29) is 6.03 Å². The van der Waals surface area contributed by atoms with Crippen molar-refractivity contribution in [3.05, 3.63) is 11.6 Å². The van der Waals surface area contributed by atoms with Crippen LogP contribution >= 0.6 is 0 Å². The van der Waals surface area contributed by atoms with Gasteiger partial charge in [0.1, 0.15) is 6.04 Å². The number of nitrogens with zero attached hydrogens (tertiary/aromatic N) is 2. The predicted octanol–water partition coefficient (Wildman–Crippen LogP) is 1.29. The summed E-state index contributed by atoms with van der Waals surface area (Å²) in [6.45, 7) is 4.79. The Morgan fingerprint density at radius 2 is 2.05 bits per heavy atom. The summed E-state index contributed by atoms with van der Waals surface area (Å²) in [6, 6.07) is -0.513. The number of carbonyl (C=O) groups is 2. The van der Waals surface area contributed by atoms with Crippen molar-refractivity contribution in [2.75, 3.05) is 32.7 Å². The maximum atomic E-state index is 12.0. The maximum Gasteiger partial charge on any atom is 0.320 e. The van der Waals surface area contributed by atoms with Crippen LogP contribution in [0.3, 0.4) is 0 Å². The summed E-state index contributed by atoms with van der Waals surface area (Å²) in [4.78, 5) is 26.7.